The Bertz CT molecular complexity index is 1520. The van der Waals surface area contributed by atoms with Crippen molar-refractivity contribution in [1.82, 2.24) is 19.7 Å². The Labute approximate surface area is 201 Å². The van der Waals surface area contributed by atoms with Gasteiger partial charge in [-0.25, -0.2) is 22.2 Å². The summed E-state index contributed by atoms with van der Waals surface area (Å²) in [6, 6.07) is 19.7. The van der Waals surface area contributed by atoms with Gasteiger partial charge in [-0.3, -0.25) is 4.79 Å². The Morgan fingerprint density at radius 1 is 0.943 bits per heavy atom. The van der Waals surface area contributed by atoms with Gasteiger partial charge >= 0.3 is 0 Å². The number of fused-ring (bicyclic) bond motifs is 1. The largest absolute Gasteiger partial charge is 0.303 e. The van der Waals surface area contributed by atoms with Gasteiger partial charge in [-0.05, 0) is 60.9 Å². The SMILES string of the molecule is O=C1C[C@@H](NS(=O)(=O)C2CC2)[C@H](c2ccccc2)N1c1ccc2c(c1)nnn2-c1ccc(F)cc1. The fraction of sp³-hybridized carbons (Fsp3) is 0.240. The first-order valence-electron chi connectivity index (χ1n) is 11.4. The summed E-state index contributed by atoms with van der Waals surface area (Å²) >= 11 is 0. The lowest BCUT2D eigenvalue weighted by Crippen LogP contribution is -2.41. The topological polar surface area (TPSA) is 97.2 Å². The molecule has 1 saturated heterocycles. The number of rotatable bonds is 6. The minimum absolute atomic E-state index is 0.0613. The van der Waals surface area contributed by atoms with Crippen molar-refractivity contribution < 1.29 is 17.6 Å². The number of carbonyl (C=O) groups excluding carboxylic acids is 1. The third kappa shape index (κ3) is 3.98. The minimum Gasteiger partial charge on any atom is -0.303 e. The number of hydrogen-bond acceptors (Lipinski definition) is 5. The molecule has 4 aromatic rings. The maximum absolute atomic E-state index is 13.3. The van der Waals surface area contributed by atoms with Gasteiger partial charge in [0.1, 0.15) is 11.3 Å². The normalized spacial score (nSPS) is 20.6. The number of nitrogens with zero attached hydrogens (tertiary/aromatic N) is 4. The van der Waals surface area contributed by atoms with Gasteiger partial charge in [0, 0.05) is 12.1 Å². The van der Waals surface area contributed by atoms with Crippen LogP contribution in [0.1, 0.15) is 30.9 Å². The van der Waals surface area contributed by atoms with E-state index in [1.165, 1.54) is 12.1 Å². The molecule has 1 saturated carbocycles. The molecule has 0 radical (unpaired) electrons. The molecule has 0 unspecified atom stereocenters. The Balaban J connectivity index is 1.39. The lowest BCUT2D eigenvalue weighted by molar-refractivity contribution is -0.117. The molecule has 2 heterocycles. The maximum Gasteiger partial charge on any atom is 0.229 e. The first-order chi connectivity index (χ1) is 16.9. The van der Waals surface area contributed by atoms with Crippen LogP contribution in [-0.2, 0) is 14.8 Å². The Morgan fingerprint density at radius 2 is 1.66 bits per heavy atom. The van der Waals surface area contributed by atoms with Gasteiger partial charge in [0.15, 0.2) is 0 Å². The van der Waals surface area contributed by atoms with E-state index in [0.717, 1.165) is 5.56 Å². The third-order valence-corrected chi connectivity index (χ3v) is 8.50. The van der Waals surface area contributed by atoms with Crippen molar-refractivity contribution in [2.45, 2.75) is 36.6 Å². The number of carbonyl (C=O) groups is 1. The number of aromatic nitrogens is 3. The number of hydrogen-bond donors (Lipinski definition) is 1. The first-order valence-corrected chi connectivity index (χ1v) is 12.9. The van der Waals surface area contributed by atoms with E-state index in [0.29, 0.717) is 35.2 Å². The van der Waals surface area contributed by atoms with Crippen molar-refractivity contribution in [3.63, 3.8) is 0 Å². The molecule has 2 aliphatic rings. The molecule has 10 heteroatoms. The predicted octanol–water partition coefficient (Wildman–Crippen LogP) is 3.49. The second-order valence-corrected chi connectivity index (χ2v) is 10.9. The zero-order chi connectivity index (χ0) is 24.2. The lowest BCUT2D eigenvalue weighted by atomic mass is 10.0. The summed E-state index contributed by atoms with van der Waals surface area (Å²) in [5, 5.41) is 8.08. The smallest absolute Gasteiger partial charge is 0.229 e. The van der Waals surface area contributed by atoms with E-state index in [1.54, 1.807) is 33.8 Å². The van der Waals surface area contributed by atoms with Crippen LogP contribution in [0.15, 0.2) is 72.8 Å². The standard InChI is InChI=1S/C25H22FN5O3S/c26-17-6-8-18(9-7-17)31-23-13-10-19(14-21(23)27-29-31)30-24(32)15-22(28-35(33,34)20-11-12-20)25(30)16-4-2-1-3-5-16/h1-10,13-14,20,22,25,28H,11-12,15H2/t22-,25+/m1/s1. The van der Waals surface area contributed by atoms with Crippen LogP contribution in [0.5, 0.6) is 0 Å². The Kier molecular flexibility index (Phi) is 5.15. The number of anilines is 1. The average molecular weight is 492 g/mol. The second kappa shape index (κ2) is 8.24. The third-order valence-electron chi connectivity index (χ3n) is 6.52. The lowest BCUT2D eigenvalue weighted by Gasteiger charge is -2.29. The fourth-order valence-corrected chi connectivity index (χ4v) is 6.28. The van der Waals surface area contributed by atoms with Gasteiger partial charge in [0.05, 0.1) is 28.5 Å². The van der Waals surface area contributed by atoms with E-state index in [1.807, 2.05) is 36.4 Å². The molecule has 3 aromatic carbocycles. The van der Waals surface area contributed by atoms with Crippen molar-refractivity contribution in [3.05, 3.63) is 84.2 Å². The van der Waals surface area contributed by atoms with Crippen LogP contribution in [0.2, 0.25) is 0 Å². The molecule has 6 rings (SSSR count). The monoisotopic (exact) mass is 491 g/mol. The summed E-state index contributed by atoms with van der Waals surface area (Å²) in [4.78, 5) is 14.9. The van der Waals surface area contributed by atoms with Crippen LogP contribution in [0.4, 0.5) is 10.1 Å². The van der Waals surface area contributed by atoms with Crippen LogP contribution in [-0.4, -0.2) is 40.6 Å². The summed E-state index contributed by atoms with van der Waals surface area (Å²) in [6.07, 6.45) is 1.36. The summed E-state index contributed by atoms with van der Waals surface area (Å²) in [7, 11) is -3.49. The molecular weight excluding hydrogens is 469 g/mol. The zero-order valence-electron chi connectivity index (χ0n) is 18.6. The van der Waals surface area contributed by atoms with Gasteiger partial charge in [0.25, 0.3) is 0 Å². The molecule has 0 bridgehead atoms. The van der Waals surface area contributed by atoms with Crippen LogP contribution < -0.4 is 9.62 Å². The molecule has 2 fully saturated rings. The molecule has 1 amide bonds. The highest BCUT2D eigenvalue weighted by molar-refractivity contribution is 7.90. The number of sulfonamides is 1. The van der Waals surface area contributed by atoms with Crippen molar-refractivity contribution in [1.29, 1.82) is 0 Å². The molecule has 1 N–H and O–H groups in total. The van der Waals surface area contributed by atoms with E-state index in [2.05, 4.69) is 15.0 Å². The fourth-order valence-electron chi connectivity index (χ4n) is 4.70. The highest BCUT2D eigenvalue weighted by Crippen LogP contribution is 2.39. The second-order valence-electron chi connectivity index (χ2n) is 8.94. The number of amides is 1. The molecule has 8 nitrogen and oxygen atoms in total. The molecule has 178 valence electrons. The van der Waals surface area contributed by atoms with Gasteiger partial charge in [-0.15, -0.1) is 5.10 Å². The molecule has 0 spiro atoms. The molecule has 1 aromatic heterocycles. The van der Waals surface area contributed by atoms with Crippen LogP contribution >= 0.6 is 0 Å². The summed E-state index contributed by atoms with van der Waals surface area (Å²) in [5.41, 5.74) is 3.38. The molecule has 1 aliphatic carbocycles. The summed E-state index contributed by atoms with van der Waals surface area (Å²) in [6.45, 7) is 0. The minimum atomic E-state index is -3.49. The van der Waals surface area contributed by atoms with Crippen molar-refractivity contribution >= 4 is 32.7 Å². The van der Waals surface area contributed by atoms with E-state index in [4.69, 9.17) is 0 Å². The highest BCUT2D eigenvalue weighted by atomic mass is 32.2. The quantitative estimate of drug-likeness (QED) is 0.445. The molecule has 35 heavy (non-hydrogen) atoms. The van der Waals surface area contributed by atoms with E-state index < -0.39 is 22.1 Å². The molecule has 2 atom stereocenters. The van der Waals surface area contributed by atoms with Crippen LogP contribution in [0.25, 0.3) is 16.7 Å². The van der Waals surface area contributed by atoms with Crippen LogP contribution in [0, 0.1) is 5.82 Å². The average Bonchev–Trinajstić information content (AvgIpc) is 3.57. The van der Waals surface area contributed by atoms with Gasteiger partial charge in [-0.1, -0.05) is 35.5 Å². The van der Waals surface area contributed by atoms with Crippen molar-refractivity contribution in [3.8, 4) is 5.69 Å². The predicted molar refractivity (Wildman–Crippen MR) is 129 cm³/mol. The highest BCUT2D eigenvalue weighted by Gasteiger charge is 2.46. The van der Waals surface area contributed by atoms with Gasteiger partial charge in [0.2, 0.25) is 15.9 Å². The van der Waals surface area contributed by atoms with Crippen molar-refractivity contribution in [2.24, 2.45) is 0 Å². The first kappa shape index (κ1) is 21.9. The van der Waals surface area contributed by atoms with E-state index in [9.17, 15) is 17.6 Å². The Hall–Kier alpha value is -3.63. The van der Waals surface area contributed by atoms with E-state index in [-0.39, 0.29) is 23.4 Å². The zero-order valence-corrected chi connectivity index (χ0v) is 19.4. The number of benzene rings is 3. The Morgan fingerprint density at radius 3 is 2.37 bits per heavy atom. The number of halogens is 1. The van der Waals surface area contributed by atoms with Crippen LogP contribution in [0.3, 0.4) is 0 Å². The van der Waals surface area contributed by atoms with E-state index >= 15 is 0 Å². The summed E-state index contributed by atoms with van der Waals surface area (Å²) in [5.74, 6) is -0.514. The molecular formula is C25H22FN5O3S. The summed E-state index contributed by atoms with van der Waals surface area (Å²) < 4.78 is 43.2. The van der Waals surface area contributed by atoms with Gasteiger partial charge in [-0.2, -0.15) is 0 Å². The number of nitrogens with one attached hydrogen (secondary N) is 1. The molecule has 1 aliphatic heterocycles. The maximum atomic E-state index is 13.3. The van der Waals surface area contributed by atoms with Crippen molar-refractivity contribution in [2.75, 3.05) is 4.90 Å². The van der Waals surface area contributed by atoms with Gasteiger partial charge < -0.3 is 4.90 Å².